The van der Waals surface area contributed by atoms with E-state index in [0.717, 1.165) is 133 Å². The third-order valence-electron chi connectivity index (χ3n) is 15.4. The van der Waals surface area contributed by atoms with E-state index in [1.165, 1.54) is 92.8 Å². The van der Waals surface area contributed by atoms with E-state index in [4.69, 9.17) is 49.8 Å². The molecule has 0 amide bonds. The largest absolute Gasteiger partial charge is 0.317 e. The standard InChI is InChI=1S/2C19H19Br2ClN2.C18H18Br2ClN3/c2*20-14-7-13-2-1-12-8-15(22)9-16(21)17(12)18(19(13)24-10-14)11-3-5-23-6-4-11;19-13-7-12-2-1-11-8-14(21)9-15(20)16(11)18(17(12)23-10-13)24-5-3-22-4-6-24/h2*7-11,18,23H,1-6H2;7-10,18,22H,1-6H2/t2*18-;/m10./s1. The summed E-state index contributed by atoms with van der Waals surface area (Å²) in [5.74, 6) is 1.93. The number of fused-ring (bicyclic) bond motifs is 6. The number of benzene rings is 3. The van der Waals surface area contributed by atoms with E-state index in [-0.39, 0.29) is 6.04 Å². The molecule has 3 N–H and O–H groups in total. The fourth-order valence-corrected chi connectivity index (χ4v) is 16.7. The lowest BCUT2D eigenvalue weighted by molar-refractivity contribution is 0.194. The van der Waals surface area contributed by atoms with E-state index in [9.17, 15) is 0 Å². The zero-order chi connectivity index (χ0) is 50.0. The molecule has 3 aliphatic carbocycles. The Morgan fingerprint density at radius 3 is 1.15 bits per heavy atom. The summed E-state index contributed by atoms with van der Waals surface area (Å²) in [6.07, 6.45) is 16.6. The number of hydrogen-bond donors (Lipinski definition) is 3. The molecule has 72 heavy (non-hydrogen) atoms. The molecule has 0 saturated carbocycles. The molecule has 7 nitrogen and oxygen atoms in total. The average molecular weight is 1410 g/mol. The van der Waals surface area contributed by atoms with Gasteiger partial charge in [0.1, 0.15) is 0 Å². The Morgan fingerprint density at radius 1 is 0.403 bits per heavy atom. The van der Waals surface area contributed by atoms with E-state index in [2.05, 4.69) is 153 Å². The minimum absolute atomic E-state index is 0.180. The number of rotatable bonds is 3. The first-order valence-corrected chi connectivity index (χ1v) is 31.0. The molecule has 6 aliphatic rings. The van der Waals surface area contributed by atoms with Gasteiger partial charge in [-0.15, -0.1) is 0 Å². The lowest BCUT2D eigenvalue weighted by Gasteiger charge is -2.36. The summed E-state index contributed by atoms with van der Waals surface area (Å²) in [6.45, 7) is 8.45. The van der Waals surface area contributed by atoms with Crippen molar-refractivity contribution in [3.8, 4) is 0 Å². The van der Waals surface area contributed by atoms with Crippen molar-refractivity contribution < 1.29 is 0 Å². The van der Waals surface area contributed by atoms with Crippen molar-refractivity contribution in [2.75, 3.05) is 52.4 Å². The van der Waals surface area contributed by atoms with Crippen molar-refractivity contribution in [2.24, 2.45) is 11.8 Å². The van der Waals surface area contributed by atoms with Gasteiger partial charge in [0.05, 0.1) is 23.1 Å². The van der Waals surface area contributed by atoms with E-state index >= 15 is 0 Å². The van der Waals surface area contributed by atoms with E-state index in [1.807, 2.05) is 36.8 Å². The fraction of sp³-hybridized carbons (Fsp3) is 0.411. The van der Waals surface area contributed by atoms with Gasteiger partial charge in [-0.25, -0.2) is 0 Å². The highest BCUT2D eigenvalue weighted by Gasteiger charge is 2.37. The Hall–Kier alpha value is -1.30. The maximum Gasteiger partial charge on any atom is 0.0793 e. The molecular weight excluding hydrogens is 1360 g/mol. The third-order valence-corrected chi connectivity index (χ3v) is 19.3. The maximum atomic E-state index is 6.34. The highest BCUT2D eigenvalue weighted by Crippen LogP contribution is 2.48. The molecule has 16 heteroatoms. The molecule has 378 valence electrons. The minimum atomic E-state index is 0.180. The molecule has 6 aromatic rings. The van der Waals surface area contributed by atoms with Gasteiger partial charge in [0.15, 0.2) is 0 Å². The molecule has 3 fully saturated rings. The molecule has 1 unspecified atom stereocenters. The highest BCUT2D eigenvalue weighted by atomic mass is 79.9. The van der Waals surface area contributed by atoms with Crippen LogP contribution in [-0.4, -0.2) is 72.2 Å². The zero-order valence-corrected chi connectivity index (χ0v) is 51.5. The molecular formula is C56H56Br6Cl3N7. The SMILES string of the molecule is Clc1cc(Br)c2c(c1)CCc1cc(Br)cnc1C2N1CCNCC1.Clc1cc(Br)c2c(c1)CCc1cc(Br)cnc1[C@@H]2C1CCNCC1.Clc1cc(Br)c2c(c1)CCc1cc(Br)cnc1[C@H]2C1CCNCC1. The van der Waals surface area contributed by atoms with E-state index in [0.29, 0.717) is 23.7 Å². The van der Waals surface area contributed by atoms with Crippen molar-refractivity contribution in [3.63, 3.8) is 0 Å². The van der Waals surface area contributed by atoms with Crippen LogP contribution in [0.5, 0.6) is 0 Å². The van der Waals surface area contributed by atoms with Crippen LogP contribution in [0.4, 0.5) is 0 Å². The number of piperazine rings is 1. The quantitative estimate of drug-likeness (QED) is 0.163. The summed E-state index contributed by atoms with van der Waals surface area (Å²) in [5, 5.41) is 12.8. The van der Waals surface area contributed by atoms with Crippen molar-refractivity contribution in [1.29, 1.82) is 0 Å². The fourth-order valence-electron chi connectivity index (χ4n) is 12.2. The van der Waals surface area contributed by atoms with Gasteiger partial charge >= 0.3 is 0 Å². The lowest BCUT2D eigenvalue weighted by Crippen LogP contribution is -2.45. The number of pyridine rings is 3. The Balaban J connectivity index is 0.000000124. The average Bonchev–Trinajstić information content (AvgIpc) is 3.72. The second-order valence-electron chi connectivity index (χ2n) is 19.8. The van der Waals surface area contributed by atoms with Crippen molar-refractivity contribution in [3.05, 3.63) is 182 Å². The van der Waals surface area contributed by atoms with Gasteiger partial charge in [-0.2, -0.15) is 0 Å². The van der Waals surface area contributed by atoms with Crippen molar-refractivity contribution >= 4 is 130 Å². The van der Waals surface area contributed by atoms with Gasteiger partial charge in [-0.3, -0.25) is 19.9 Å². The molecule has 0 spiro atoms. The Morgan fingerprint density at radius 2 is 0.736 bits per heavy atom. The number of aryl methyl sites for hydroxylation is 6. The second kappa shape index (κ2) is 24.6. The number of hydrogen-bond acceptors (Lipinski definition) is 7. The van der Waals surface area contributed by atoms with Gasteiger partial charge in [0, 0.05) is 98.5 Å². The van der Waals surface area contributed by atoms with Crippen molar-refractivity contribution in [1.82, 2.24) is 35.8 Å². The topological polar surface area (TPSA) is 78.0 Å². The summed E-state index contributed by atoms with van der Waals surface area (Å²) < 4.78 is 6.52. The molecule has 12 rings (SSSR count). The Kier molecular flexibility index (Phi) is 18.5. The molecule has 6 heterocycles. The number of nitrogens with zero attached hydrogens (tertiary/aromatic N) is 4. The van der Waals surface area contributed by atoms with E-state index in [1.54, 1.807) is 0 Å². The predicted octanol–water partition coefficient (Wildman–Crippen LogP) is 15.3. The number of halogens is 9. The summed E-state index contributed by atoms with van der Waals surface area (Å²) in [4.78, 5) is 17.1. The number of nitrogens with one attached hydrogen (secondary N) is 3. The van der Waals surface area contributed by atoms with Crippen molar-refractivity contribution in [2.45, 2.75) is 82.1 Å². The second-order valence-corrected chi connectivity index (χ2v) is 26.4. The van der Waals surface area contributed by atoms with Crippen LogP contribution in [-0.2, 0) is 38.5 Å². The molecule has 3 aromatic carbocycles. The summed E-state index contributed by atoms with van der Waals surface area (Å²) in [7, 11) is 0. The Labute approximate surface area is 489 Å². The van der Waals surface area contributed by atoms with Crippen LogP contribution < -0.4 is 16.0 Å². The molecule has 3 aliphatic heterocycles. The van der Waals surface area contributed by atoms with Gasteiger partial charge in [0.25, 0.3) is 0 Å². The van der Waals surface area contributed by atoms with Gasteiger partial charge < -0.3 is 16.0 Å². The smallest absolute Gasteiger partial charge is 0.0793 e. The van der Waals surface area contributed by atoms with E-state index < -0.39 is 0 Å². The molecule has 0 radical (unpaired) electrons. The number of piperidine rings is 2. The van der Waals surface area contributed by atoms with Gasteiger partial charge in [0.2, 0.25) is 0 Å². The monoisotopic (exact) mass is 1400 g/mol. The van der Waals surface area contributed by atoms with Crippen LogP contribution in [0.3, 0.4) is 0 Å². The summed E-state index contributed by atoms with van der Waals surface area (Å²) in [5.41, 5.74) is 16.0. The predicted molar refractivity (Wildman–Crippen MR) is 317 cm³/mol. The third kappa shape index (κ3) is 12.2. The van der Waals surface area contributed by atoms with Crippen LogP contribution in [0.25, 0.3) is 0 Å². The summed E-state index contributed by atoms with van der Waals surface area (Å²) in [6, 6.07) is 19.4. The minimum Gasteiger partial charge on any atom is -0.317 e. The molecule has 3 saturated heterocycles. The van der Waals surface area contributed by atoms with Crippen LogP contribution in [0.15, 0.2) is 100 Å². The first-order chi connectivity index (χ1) is 34.9. The van der Waals surface area contributed by atoms with Gasteiger partial charge in [-0.05, 0) is 255 Å². The lowest BCUT2D eigenvalue weighted by atomic mass is 9.77. The summed E-state index contributed by atoms with van der Waals surface area (Å²) >= 11 is 41.2. The normalized spacial score (nSPS) is 21.0. The molecule has 3 atom stereocenters. The van der Waals surface area contributed by atoms with Crippen LogP contribution in [0, 0.1) is 11.8 Å². The first kappa shape index (κ1) is 54.1. The first-order valence-electron chi connectivity index (χ1n) is 25.1. The number of aromatic nitrogens is 3. The van der Waals surface area contributed by atoms with Crippen LogP contribution in [0.1, 0.15) is 111 Å². The van der Waals surface area contributed by atoms with Gasteiger partial charge in [-0.1, -0.05) is 82.6 Å². The van der Waals surface area contributed by atoms with Crippen LogP contribution >= 0.6 is 130 Å². The van der Waals surface area contributed by atoms with Crippen LogP contribution in [0.2, 0.25) is 15.1 Å². The molecule has 0 bridgehead atoms. The highest BCUT2D eigenvalue weighted by molar-refractivity contribution is 9.11. The zero-order valence-electron chi connectivity index (χ0n) is 39.7. The molecule has 3 aromatic heterocycles. The Bertz CT molecular complexity index is 2630. The maximum absolute atomic E-state index is 6.34.